The number of aliphatic carboxylic acids is 3. The maximum atomic E-state index is 14.1. The van der Waals surface area contributed by atoms with Crippen LogP contribution in [0, 0.1) is 24.2 Å². The third kappa shape index (κ3) is 24.4. The molecule has 3 aliphatic rings. The highest BCUT2D eigenvalue weighted by atomic mass is 19.3. The Morgan fingerprint density at radius 3 is 1.94 bits per heavy atom. The summed E-state index contributed by atoms with van der Waals surface area (Å²) in [6, 6.07) is 13.0. The summed E-state index contributed by atoms with van der Waals surface area (Å²) in [7, 11) is 0. The molecule has 2 aromatic carbocycles. The van der Waals surface area contributed by atoms with Gasteiger partial charge in [-0.3, -0.25) is 67.7 Å². The number of benzene rings is 2. The molecule has 90 heavy (non-hydrogen) atoms. The van der Waals surface area contributed by atoms with E-state index in [0.29, 0.717) is 61.5 Å². The summed E-state index contributed by atoms with van der Waals surface area (Å²) < 4.78 is 39.7. The monoisotopic (exact) mass is 1260 g/mol. The number of nitrogens with one attached hydrogen (secondary N) is 4. The largest absolute Gasteiger partial charge is 0.494 e. The van der Waals surface area contributed by atoms with Gasteiger partial charge in [-0.05, 0) is 94.5 Å². The predicted octanol–water partition coefficient (Wildman–Crippen LogP) is 1.83. The van der Waals surface area contributed by atoms with Gasteiger partial charge in [0, 0.05) is 103 Å². The Morgan fingerprint density at radius 2 is 1.34 bits per heavy atom. The van der Waals surface area contributed by atoms with Crippen LogP contribution in [0.3, 0.4) is 0 Å². The number of nitriles is 1. The highest BCUT2D eigenvalue weighted by Crippen LogP contribution is 2.32. The molecule has 0 unspecified atom stereocenters. The molecule has 0 aliphatic carbocycles. The highest BCUT2D eigenvalue weighted by Gasteiger charge is 2.47. The van der Waals surface area contributed by atoms with Gasteiger partial charge in [0.1, 0.15) is 23.9 Å². The van der Waals surface area contributed by atoms with E-state index in [2.05, 4.69) is 26.3 Å². The lowest BCUT2D eigenvalue weighted by atomic mass is 9.91. The molecule has 6 rings (SSSR count). The lowest BCUT2D eigenvalue weighted by Gasteiger charge is -2.34. The van der Waals surface area contributed by atoms with Gasteiger partial charge in [0.15, 0.2) is 0 Å². The molecule has 3 aromatic rings. The van der Waals surface area contributed by atoms with Gasteiger partial charge < -0.3 is 55.9 Å². The number of rotatable bonds is 31. The molecule has 0 spiro atoms. The number of hydrogen-bond acceptors (Lipinski definition) is 17. The van der Waals surface area contributed by atoms with Crippen molar-refractivity contribution in [2.75, 3.05) is 131 Å². The van der Waals surface area contributed by atoms with Crippen molar-refractivity contribution in [1.82, 2.24) is 55.7 Å². The number of amides is 6. The number of carbonyl (C=O) groups excluding carboxylic acids is 6. The van der Waals surface area contributed by atoms with Gasteiger partial charge in [0.25, 0.3) is 11.8 Å². The average Bonchev–Trinajstić information content (AvgIpc) is 1.94. The summed E-state index contributed by atoms with van der Waals surface area (Å²) in [5, 5.41) is 49.5. The fourth-order valence-electron chi connectivity index (χ4n) is 11.1. The quantitative estimate of drug-likeness (QED) is 0.0452. The first kappa shape index (κ1) is 71.1. The van der Waals surface area contributed by atoms with E-state index >= 15 is 0 Å². The number of nitrogens with zero attached hydrogens (tertiary/aromatic N) is 8. The summed E-state index contributed by atoms with van der Waals surface area (Å²) in [4.78, 5) is 129. The Labute approximate surface area is 522 Å². The van der Waals surface area contributed by atoms with E-state index in [1.807, 2.05) is 31.2 Å². The van der Waals surface area contributed by atoms with Crippen LogP contribution in [0.15, 0.2) is 54.7 Å². The third-order valence-electron chi connectivity index (χ3n) is 16.2. The van der Waals surface area contributed by atoms with Crippen molar-refractivity contribution in [3.8, 4) is 11.8 Å². The molecular formula is C62H86F2N12O14. The number of piperidine rings is 1. The van der Waals surface area contributed by atoms with Crippen LogP contribution in [-0.2, 0) is 49.5 Å². The van der Waals surface area contributed by atoms with E-state index in [9.17, 15) is 72.5 Å². The summed E-state index contributed by atoms with van der Waals surface area (Å²) >= 11 is 0. The second kappa shape index (κ2) is 36.0. The number of aryl methyl sites for hydroxylation is 2. The van der Waals surface area contributed by atoms with Gasteiger partial charge in [-0.25, -0.2) is 8.78 Å². The number of carboxylic acid groups (broad SMARTS) is 3. The lowest BCUT2D eigenvalue weighted by molar-refractivity contribution is -0.140. The Hall–Kier alpha value is -7.97. The molecule has 28 heteroatoms. The number of halogens is 2. The van der Waals surface area contributed by atoms with Crippen LogP contribution in [-0.4, -0.2) is 258 Å². The molecule has 7 N–H and O–H groups in total. The maximum absolute atomic E-state index is 14.1. The van der Waals surface area contributed by atoms with Gasteiger partial charge >= 0.3 is 17.9 Å². The smallest absolute Gasteiger partial charge is 0.317 e. The van der Waals surface area contributed by atoms with Crippen LogP contribution in [0.4, 0.5) is 8.78 Å². The van der Waals surface area contributed by atoms with E-state index in [-0.39, 0.29) is 122 Å². The first-order valence-corrected chi connectivity index (χ1v) is 30.7. The highest BCUT2D eigenvalue weighted by molar-refractivity contribution is 6.07. The first-order valence-electron chi connectivity index (χ1n) is 30.7. The predicted molar refractivity (Wildman–Crippen MR) is 324 cm³/mol. The number of carbonyl (C=O) groups is 9. The molecule has 3 saturated heterocycles. The standard InChI is InChI=1S/C62H86F2N12O14/c1-43-9-11-45(12-10-43)7-5-8-53(77)67-20-33-89-32-18-52(70-54(78)38-71-23-25-72(39-56(80)81)27-29-74(41-58(84)85)30-28-73(26-24-71)40-57(82)83)60(87)69-44(2)61(88)75-21-16-46(17-22-75)6-3-4-31-90-48-13-14-51-50(34-48)49(15-19-66-51)59(86)68-37-55(79)76-42-62(63,64)35-47(76)36-65/h9-15,19,34,44,46-47,52H,3-8,16-18,20-33,35,37-42H2,1-2H3,(H,67,77)(H,68,86)(H,69,87)(H,70,78)(H,80,81)(H,82,83)(H,84,85)/t44-,47+,52-/m0/s1. The topological polar surface area (TPSA) is 337 Å². The molecule has 3 atom stereocenters. The van der Waals surface area contributed by atoms with E-state index < -0.39 is 85.1 Å². The molecule has 0 radical (unpaired) electrons. The Kier molecular flexibility index (Phi) is 28.5. The molecule has 3 fully saturated rings. The van der Waals surface area contributed by atoms with E-state index in [1.54, 1.807) is 55.7 Å². The van der Waals surface area contributed by atoms with Crippen LogP contribution >= 0.6 is 0 Å². The number of carboxylic acids is 3. The molecule has 4 heterocycles. The van der Waals surface area contributed by atoms with E-state index in [1.165, 1.54) is 12.3 Å². The third-order valence-corrected chi connectivity index (χ3v) is 16.2. The second-order valence-electron chi connectivity index (χ2n) is 23.3. The summed E-state index contributed by atoms with van der Waals surface area (Å²) in [6.45, 7) is 3.93. The van der Waals surface area contributed by atoms with Crippen molar-refractivity contribution in [3.63, 3.8) is 0 Å². The minimum atomic E-state index is -3.19. The van der Waals surface area contributed by atoms with E-state index in [4.69, 9.17) is 9.47 Å². The van der Waals surface area contributed by atoms with Gasteiger partial charge in [-0.1, -0.05) is 36.2 Å². The van der Waals surface area contributed by atoms with E-state index in [0.717, 1.165) is 48.1 Å². The second-order valence-corrected chi connectivity index (χ2v) is 23.3. The first-order chi connectivity index (χ1) is 43.0. The number of fused-ring (bicyclic) bond motifs is 1. The zero-order chi connectivity index (χ0) is 65.2. The van der Waals surface area contributed by atoms with Crippen LogP contribution in [0.5, 0.6) is 5.75 Å². The van der Waals surface area contributed by atoms with Crippen molar-refractivity contribution in [2.45, 2.75) is 102 Å². The fourth-order valence-corrected chi connectivity index (χ4v) is 11.1. The molecule has 492 valence electrons. The van der Waals surface area contributed by atoms with Gasteiger partial charge in [-0.2, -0.15) is 5.26 Å². The van der Waals surface area contributed by atoms with Crippen molar-refractivity contribution in [1.29, 1.82) is 5.26 Å². The van der Waals surface area contributed by atoms with Crippen molar-refractivity contribution in [3.05, 3.63) is 71.4 Å². The molecule has 3 aliphatic heterocycles. The molecule has 6 amide bonds. The van der Waals surface area contributed by atoms with Crippen LogP contribution < -0.4 is 26.0 Å². The Bertz CT molecular complexity index is 2930. The molecule has 0 saturated carbocycles. The average molecular weight is 1260 g/mol. The van der Waals surface area contributed by atoms with Crippen LogP contribution in [0.25, 0.3) is 10.9 Å². The summed E-state index contributed by atoms with van der Waals surface area (Å²) in [6.07, 6.45) is 6.31. The zero-order valence-electron chi connectivity index (χ0n) is 51.4. The van der Waals surface area contributed by atoms with Crippen molar-refractivity contribution in [2.24, 2.45) is 5.92 Å². The van der Waals surface area contributed by atoms with Crippen molar-refractivity contribution < 1.29 is 76.7 Å². The van der Waals surface area contributed by atoms with Gasteiger partial charge in [-0.15, -0.1) is 0 Å². The van der Waals surface area contributed by atoms with Crippen LogP contribution in [0.2, 0.25) is 0 Å². The Morgan fingerprint density at radius 1 is 0.733 bits per heavy atom. The van der Waals surface area contributed by atoms with Gasteiger partial charge in [0.2, 0.25) is 29.5 Å². The number of hydrogen-bond donors (Lipinski definition) is 7. The van der Waals surface area contributed by atoms with Crippen molar-refractivity contribution >= 4 is 64.3 Å². The summed E-state index contributed by atoms with van der Waals surface area (Å²) in [5.74, 6) is -8.70. The number of ether oxygens (including phenoxy) is 2. The molecule has 1 aromatic heterocycles. The minimum Gasteiger partial charge on any atom is -0.494 e. The SMILES string of the molecule is Cc1ccc(CCCC(=O)NCCOCC[C@H](NC(=O)CN2CCN(CC(=O)O)CCN(CC(=O)O)CCN(CC(=O)O)CC2)C(=O)N[C@@H](C)C(=O)N2CCC(CCCCOc3ccc4nccc(C(=O)NCC(=O)N5CC(F)(F)C[C@@H]5C#N)c4c3)CC2)cc1. The van der Waals surface area contributed by atoms with Crippen LogP contribution in [0.1, 0.15) is 86.2 Å². The maximum Gasteiger partial charge on any atom is 0.317 e. The Balaban J connectivity index is 0.981. The number of alkyl halides is 2. The summed E-state index contributed by atoms with van der Waals surface area (Å²) in [5.41, 5.74) is 2.99. The number of aromatic nitrogens is 1. The normalized spacial score (nSPS) is 18.1. The number of pyridine rings is 1. The molecule has 26 nitrogen and oxygen atoms in total. The zero-order valence-corrected chi connectivity index (χ0v) is 51.4. The molecule has 0 bridgehead atoms. The lowest BCUT2D eigenvalue weighted by Crippen LogP contribution is -2.55. The van der Waals surface area contributed by atoms with Gasteiger partial charge in [0.05, 0.1) is 69.6 Å². The minimum absolute atomic E-state index is 0.00263. The number of unbranched alkanes of at least 4 members (excludes halogenated alkanes) is 1. The number of likely N-dealkylation sites (tertiary alicyclic amines) is 2. The molecular weight excluding hydrogens is 1170 g/mol. The fraction of sp³-hybridized carbons (Fsp3) is 0.597.